The second-order valence-electron chi connectivity index (χ2n) is 5.69. The van der Waals surface area contributed by atoms with Gasteiger partial charge in [0, 0.05) is 25.7 Å². The third kappa shape index (κ3) is 4.71. The highest BCUT2D eigenvalue weighted by Crippen LogP contribution is 2.25. The van der Waals surface area contributed by atoms with Gasteiger partial charge in [-0.25, -0.2) is 8.78 Å². The summed E-state index contributed by atoms with van der Waals surface area (Å²) in [6.07, 6.45) is 1.15. The molecule has 0 bridgehead atoms. The zero-order valence-corrected chi connectivity index (χ0v) is 12.2. The lowest BCUT2D eigenvalue weighted by molar-refractivity contribution is 0.203. The van der Waals surface area contributed by atoms with Gasteiger partial charge in [0.1, 0.15) is 11.6 Å². The first-order valence-electron chi connectivity index (χ1n) is 6.31. The lowest BCUT2D eigenvalue weighted by atomic mass is 9.89. The number of benzene rings is 1. The van der Waals surface area contributed by atoms with Crippen LogP contribution in [0.15, 0.2) is 18.2 Å². The van der Waals surface area contributed by atoms with Crippen molar-refractivity contribution in [3.05, 3.63) is 35.4 Å². The Morgan fingerprint density at radius 3 is 2.42 bits per heavy atom. The van der Waals surface area contributed by atoms with E-state index in [0.717, 1.165) is 32.1 Å². The Balaban J connectivity index is 0.00000180. The summed E-state index contributed by atoms with van der Waals surface area (Å²) in [5.74, 6) is -1.01. The van der Waals surface area contributed by atoms with Crippen molar-refractivity contribution in [2.24, 2.45) is 5.41 Å². The van der Waals surface area contributed by atoms with Crippen LogP contribution in [0.2, 0.25) is 0 Å². The van der Waals surface area contributed by atoms with E-state index in [2.05, 4.69) is 17.1 Å². The highest BCUT2D eigenvalue weighted by atomic mass is 35.5. The molecule has 0 saturated carbocycles. The molecule has 0 radical (unpaired) electrons. The summed E-state index contributed by atoms with van der Waals surface area (Å²) >= 11 is 0. The van der Waals surface area contributed by atoms with Gasteiger partial charge in [0.05, 0.1) is 0 Å². The lowest BCUT2D eigenvalue weighted by Crippen LogP contribution is -2.34. The van der Waals surface area contributed by atoms with E-state index in [0.29, 0.717) is 12.1 Å². The fraction of sp³-hybridized carbons (Fsp3) is 0.571. The van der Waals surface area contributed by atoms with Crippen LogP contribution in [0.1, 0.15) is 18.9 Å². The molecule has 0 spiro atoms. The maximum Gasteiger partial charge on any atom is 0.126 e. The van der Waals surface area contributed by atoms with Gasteiger partial charge in [-0.3, -0.25) is 0 Å². The van der Waals surface area contributed by atoms with Crippen molar-refractivity contribution in [2.45, 2.75) is 19.9 Å². The van der Waals surface area contributed by atoms with E-state index < -0.39 is 11.6 Å². The highest BCUT2D eigenvalue weighted by Gasteiger charge is 2.29. The molecule has 1 saturated heterocycles. The van der Waals surface area contributed by atoms with Gasteiger partial charge >= 0.3 is 0 Å². The SMILES string of the molecule is CN(Cc1cc(F)cc(F)c1)CC1(C)CCNC1.Cl. The van der Waals surface area contributed by atoms with Crippen LogP contribution in [0, 0.1) is 17.0 Å². The zero-order chi connectivity index (χ0) is 13.2. The van der Waals surface area contributed by atoms with Crippen LogP contribution in [0.4, 0.5) is 8.78 Å². The van der Waals surface area contributed by atoms with Crippen molar-refractivity contribution >= 4 is 12.4 Å². The first-order valence-corrected chi connectivity index (χ1v) is 6.31. The van der Waals surface area contributed by atoms with Crippen molar-refractivity contribution in [3.8, 4) is 0 Å². The lowest BCUT2D eigenvalue weighted by Gasteiger charge is -2.29. The minimum Gasteiger partial charge on any atom is -0.316 e. The Labute approximate surface area is 119 Å². The molecular weight excluding hydrogens is 270 g/mol. The summed E-state index contributed by atoms with van der Waals surface area (Å²) < 4.78 is 26.2. The highest BCUT2D eigenvalue weighted by molar-refractivity contribution is 5.85. The number of nitrogens with one attached hydrogen (secondary N) is 1. The van der Waals surface area contributed by atoms with Crippen molar-refractivity contribution in [1.82, 2.24) is 10.2 Å². The third-order valence-corrected chi connectivity index (χ3v) is 3.48. The van der Waals surface area contributed by atoms with Crippen LogP contribution in [0.5, 0.6) is 0 Å². The van der Waals surface area contributed by atoms with Crippen LogP contribution in [0.3, 0.4) is 0 Å². The molecule has 2 rings (SSSR count). The van der Waals surface area contributed by atoms with Crippen LogP contribution in [-0.2, 0) is 6.54 Å². The summed E-state index contributed by atoms with van der Waals surface area (Å²) in [7, 11) is 1.99. The Bertz CT molecular complexity index is 400. The zero-order valence-electron chi connectivity index (χ0n) is 11.4. The standard InChI is InChI=1S/C14H20F2N2.ClH/c1-14(3-4-17-9-14)10-18(2)8-11-5-12(15)7-13(16)6-11;/h5-7,17H,3-4,8-10H2,1-2H3;1H. The number of nitrogens with zero attached hydrogens (tertiary/aromatic N) is 1. The van der Waals surface area contributed by atoms with Crippen LogP contribution >= 0.6 is 12.4 Å². The molecule has 5 heteroatoms. The average molecular weight is 291 g/mol. The Morgan fingerprint density at radius 2 is 1.89 bits per heavy atom. The smallest absolute Gasteiger partial charge is 0.126 e. The molecule has 1 aliphatic heterocycles. The second-order valence-corrected chi connectivity index (χ2v) is 5.69. The Morgan fingerprint density at radius 1 is 1.26 bits per heavy atom. The van der Waals surface area contributed by atoms with Gasteiger partial charge < -0.3 is 10.2 Å². The monoisotopic (exact) mass is 290 g/mol. The summed E-state index contributed by atoms with van der Waals surface area (Å²) in [6.45, 7) is 5.81. The minimum absolute atomic E-state index is 0. The van der Waals surface area contributed by atoms with Gasteiger partial charge in [-0.15, -0.1) is 12.4 Å². The molecular formula is C14H21ClF2N2. The molecule has 1 atom stereocenters. The summed E-state index contributed by atoms with van der Waals surface area (Å²) in [5, 5.41) is 3.35. The van der Waals surface area contributed by atoms with E-state index in [1.165, 1.54) is 12.1 Å². The molecule has 2 nitrogen and oxygen atoms in total. The quantitative estimate of drug-likeness (QED) is 0.917. The van der Waals surface area contributed by atoms with Gasteiger partial charge in [0.2, 0.25) is 0 Å². The predicted octanol–water partition coefficient (Wildman–Crippen LogP) is 2.82. The summed E-state index contributed by atoms with van der Waals surface area (Å²) in [5.41, 5.74) is 0.949. The molecule has 0 amide bonds. The molecule has 0 aromatic heterocycles. The molecule has 19 heavy (non-hydrogen) atoms. The Kier molecular flexibility index (Phi) is 5.71. The van der Waals surface area contributed by atoms with E-state index in [-0.39, 0.29) is 17.8 Å². The van der Waals surface area contributed by atoms with Gasteiger partial charge in [0.15, 0.2) is 0 Å². The molecule has 1 fully saturated rings. The molecule has 1 aromatic rings. The average Bonchev–Trinajstić information content (AvgIpc) is 2.62. The van der Waals surface area contributed by atoms with E-state index in [4.69, 9.17) is 0 Å². The fourth-order valence-electron chi connectivity index (χ4n) is 2.73. The van der Waals surface area contributed by atoms with E-state index in [1.54, 1.807) is 0 Å². The van der Waals surface area contributed by atoms with Crippen molar-refractivity contribution in [3.63, 3.8) is 0 Å². The number of hydrogen-bond donors (Lipinski definition) is 1. The van der Waals surface area contributed by atoms with Crippen molar-refractivity contribution in [2.75, 3.05) is 26.7 Å². The third-order valence-electron chi connectivity index (χ3n) is 3.48. The molecule has 108 valence electrons. The number of halogens is 3. The molecule has 1 aliphatic rings. The topological polar surface area (TPSA) is 15.3 Å². The van der Waals surface area contributed by atoms with Crippen molar-refractivity contribution in [1.29, 1.82) is 0 Å². The van der Waals surface area contributed by atoms with E-state index in [9.17, 15) is 8.78 Å². The predicted molar refractivity (Wildman–Crippen MR) is 75.5 cm³/mol. The Hall–Kier alpha value is -0.710. The number of rotatable bonds is 4. The summed E-state index contributed by atoms with van der Waals surface area (Å²) in [6, 6.07) is 3.70. The molecule has 1 aromatic carbocycles. The first kappa shape index (κ1) is 16.3. The van der Waals surface area contributed by atoms with Gasteiger partial charge in [-0.1, -0.05) is 6.92 Å². The van der Waals surface area contributed by atoms with Crippen LogP contribution in [-0.4, -0.2) is 31.6 Å². The molecule has 0 aliphatic carbocycles. The van der Waals surface area contributed by atoms with Gasteiger partial charge in [-0.05, 0) is 43.1 Å². The number of hydrogen-bond acceptors (Lipinski definition) is 2. The molecule has 1 heterocycles. The fourth-order valence-corrected chi connectivity index (χ4v) is 2.73. The van der Waals surface area contributed by atoms with E-state index in [1.807, 2.05) is 7.05 Å². The van der Waals surface area contributed by atoms with E-state index >= 15 is 0 Å². The molecule has 1 unspecified atom stereocenters. The summed E-state index contributed by atoms with van der Waals surface area (Å²) in [4.78, 5) is 2.13. The van der Waals surface area contributed by atoms with Crippen LogP contribution in [0.25, 0.3) is 0 Å². The molecule has 1 N–H and O–H groups in total. The van der Waals surface area contributed by atoms with Crippen LogP contribution < -0.4 is 5.32 Å². The van der Waals surface area contributed by atoms with Gasteiger partial charge in [-0.2, -0.15) is 0 Å². The normalized spacial score (nSPS) is 22.6. The second kappa shape index (κ2) is 6.64. The largest absolute Gasteiger partial charge is 0.316 e. The minimum atomic E-state index is -0.507. The van der Waals surface area contributed by atoms with Gasteiger partial charge in [0.25, 0.3) is 0 Å². The van der Waals surface area contributed by atoms with Crippen molar-refractivity contribution < 1.29 is 8.78 Å². The maximum absolute atomic E-state index is 13.1. The first-order chi connectivity index (χ1) is 8.47. The maximum atomic E-state index is 13.1.